The molecule has 1 aromatic carbocycles. The molecule has 0 saturated heterocycles. The monoisotopic (exact) mass is 367 g/mol. The van der Waals surface area contributed by atoms with Crippen molar-refractivity contribution < 1.29 is 8.42 Å². The summed E-state index contributed by atoms with van der Waals surface area (Å²) < 4.78 is 27.5. The highest BCUT2D eigenvalue weighted by molar-refractivity contribution is 9.10. The van der Waals surface area contributed by atoms with Crippen LogP contribution in [0.25, 0.3) is 0 Å². The van der Waals surface area contributed by atoms with Crippen molar-refractivity contribution in [3.63, 3.8) is 0 Å². The number of aromatic amines is 1. The van der Waals surface area contributed by atoms with Gasteiger partial charge < -0.3 is 4.98 Å². The minimum Gasteiger partial charge on any atom is -0.364 e. The van der Waals surface area contributed by atoms with Gasteiger partial charge in [-0.05, 0) is 36.4 Å². The first kappa shape index (κ1) is 15.8. The lowest BCUT2D eigenvalue weighted by Gasteiger charge is -2.20. The number of nitriles is 1. The number of halogens is 1. The van der Waals surface area contributed by atoms with Gasteiger partial charge >= 0.3 is 0 Å². The van der Waals surface area contributed by atoms with Crippen LogP contribution < -0.4 is 0 Å². The van der Waals surface area contributed by atoms with Crippen LogP contribution in [0.1, 0.15) is 12.1 Å². The molecule has 0 spiro atoms. The van der Waals surface area contributed by atoms with E-state index in [1.165, 1.54) is 4.31 Å². The van der Waals surface area contributed by atoms with Crippen LogP contribution in [0.3, 0.4) is 0 Å². The van der Waals surface area contributed by atoms with E-state index in [9.17, 15) is 8.42 Å². The van der Waals surface area contributed by atoms with Crippen LogP contribution in [0.15, 0.2) is 52.0 Å². The normalized spacial score (nSPS) is 11.5. The van der Waals surface area contributed by atoms with Crippen molar-refractivity contribution >= 4 is 26.0 Å². The zero-order valence-corrected chi connectivity index (χ0v) is 13.6. The molecule has 0 radical (unpaired) electrons. The van der Waals surface area contributed by atoms with Crippen molar-refractivity contribution in [3.8, 4) is 6.07 Å². The number of hydrogen-bond donors (Lipinski definition) is 1. The Morgan fingerprint density at radius 1 is 1.24 bits per heavy atom. The molecule has 1 N–H and O–H groups in total. The van der Waals surface area contributed by atoms with Gasteiger partial charge in [0.2, 0.25) is 10.0 Å². The van der Waals surface area contributed by atoms with E-state index in [0.717, 1.165) is 10.2 Å². The highest BCUT2D eigenvalue weighted by atomic mass is 79.9. The van der Waals surface area contributed by atoms with Crippen LogP contribution in [0.2, 0.25) is 0 Å². The van der Waals surface area contributed by atoms with Gasteiger partial charge in [0.15, 0.2) is 0 Å². The van der Waals surface area contributed by atoms with Gasteiger partial charge in [-0.2, -0.15) is 9.57 Å². The van der Waals surface area contributed by atoms with Crippen molar-refractivity contribution in [2.24, 2.45) is 0 Å². The summed E-state index contributed by atoms with van der Waals surface area (Å²) in [7, 11) is -3.62. The second-order valence-electron chi connectivity index (χ2n) is 4.40. The molecular formula is C14H14BrN3O2S. The maximum absolute atomic E-state index is 12.7. The Morgan fingerprint density at radius 2 is 1.95 bits per heavy atom. The van der Waals surface area contributed by atoms with Gasteiger partial charge in [-0.25, -0.2) is 8.42 Å². The Kier molecular flexibility index (Phi) is 5.17. The van der Waals surface area contributed by atoms with Crippen LogP contribution in [0.5, 0.6) is 0 Å². The van der Waals surface area contributed by atoms with Gasteiger partial charge in [-0.15, -0.1) is 0 Å². The van der Waals surface area contributed by atoms with E-state index in [2.05, 4.69) is 20.9 Å². The Bertz CT molecular complexity index is 719. The summed E-state index contributed by atoms with van der Waals surface area (Å²) in [5, 5.41) is 8.73. The van der Waals surface area contributed by atoms with Crippen molar-refractivity contribution in [1.82, 2.24) is 9.29 Å². The number of sulfonamides is 1. The minimum absolute atomic E-state index is 0.149. The van der Waals surface area contributed by atoms with E-state index < -0.39 is 10.0 Å². The van der Waals surface area contributed by atoms with Crippen LogP contribution >= 0.6 is 15.9 Å². The quantitative estimate of drug-likeness (QED) is 0.852. The van der Waals surface area contributed by atoms with Gasteiger partial charge in [0.05, 0.1) is 17.5 Å². The van der Waals surface area contributed by atoms with E-state index in [1.54, 1.807) is 30.5 Å². The molecule has 0 aliphatic heterocycles. The molecule has 0 aliphatic carbocycles. The van der Waals surface area contributed by atoms with Crippen LogP contribution in [0, 0.1) is 11.3 Å². The molecule has 1 aromatic heterocycles. The fourth-order valence-electron chi connectivity index (χ4n) is 1.87. The Morgan fingerprint density at radius 3 is 2.52 bits per heavy atom. The molecule has 0 amide bonds. The highest BCUT2D eigenvalue weighted by Gasteiger charge is 2.24. The number of nitrogens with zero attached hydrogens (tertiary/aromatic N) is 2. The van der Waals surface area contributed by atoms with Gasteiger partial charge in [0, 0.05) is 29.3 Å². The lowest BCUT2D eigenvalue weighted by atomic mass is 10.4. The third-order valence-electron chi connectivity index (χ3n) is 2.93. The largest absolute Gasteiger partial charge is 0.364 e. The van der Waals surface area contributed by atoms with Crippen molar-refractivity contribution in [2.45, 2.75) is 17.9 Å². The van der Waals surface area contributed by atoms with Gasteiger partial charge in [-0.3, -0.25) is 0 Å². The third kappa shape index (κ3) is 3.94. The Labute approximate surface area is 132 Å². The number of aromatic nitrogens is 1. The molecule has 0 fully saturated rings. The van der Waals surface area contributed by atoms with Gasteiger partial charge in [0.25, 0.3) is 0 Å². The molecule has 21 heavy (non-hydrogen) atoms. The SMILES string of the molecule is N#CCCN(Cc1ccc[nH]1)S(=O)(=O)c1ccc(Br)cc1. The molecule has 2 rings (SSSR count). The average molecular weight is 368 g/mol. The second-order valence-corrected chi connectivity index (χ2v) is 7.25. The van der Waals surface area contributed by atoms with E-state index in [-0.39, 0.29) is 24.4 Å². The van der Waals surface area contributed by atoms with E-state index in [4.69, 9.17) is 5.26 Å². The van der Waals surface area contributed by atoms with E-state index >= 15 is 0 Å². The molecule has 0 bridgehead atoms. The molecule has 0 atom stereocenters. The number of hydrogen-bond acceptors (Lipinski definition) is 3. The van der Waals surface area contributed by atoms with E-state index in [0.29, 0.717) is 0 Å². The summed E-state index contributed by atoms with van der Waals surface area (Å²) in [6, 6.07) is 12.1. The summed E-state index contributed by atoms with van der Waals surface area (Å²) in [4.78, 5) is 3.20. The van der Waals surface area contributed by atoms with Crippen LogP contribution in [-0.2, 0) is 16.6 Å². The first-order valence-corrected chi connectivity index (χ1v) is 8.52. The number of nitrogens with one attached hydrogen (secondary N) is 1. The number of H-pyrrole nitrogens is 1. The van der Waals surface area contributed by atoms with Gasteiger partial charge in [-0.1, -0.05) is 15.9 Å². The maximum Gasteiger partial charge on any atom is 0.243 e. The Balaban J connectivity index is 2.29. The summed E-state index contributed by atoms with van der Waals surface area (Å²) in [5.74, 6) is 0. The maximum atomic E-state index is 12.7. The topological polar surface area (TPSA) is 77.0 Å². The molecule has 7 heteroatoms. The van der Waals surface area contributed by atoms with E-state index in [1.807, 2.05) is 18.2 Å². The molecule has 1 heterocycles. The zero-order valence-electron chi connectivity index (χ0n) is 11.2. The second kappa shape index (κ2) is 6.89. The predicted octanol–water partition coefficient (Wildman–Crippen LogP) is 2.88. The molecule has 0 aliphatic rings. The first-order chi connectivity index (χ1) is 10.0. The van der Waals surface area contributed by atoms with Crippen LogP contribution in [-0.4, -0.2) is 24.3 Å². The molecular weight excluding hydrogens is 354 g/mol. The smallest absolute Gasteiger partial charge is 0.243 e. The fourth-order valence-corrected chi connectivity index (χ4v) is 3.55. The number of rotatable bonds is 6. The zero-order chi connectivity index (χ0) is 15.3. The molecule has 2 aromatic rings. The standard InChI is InChI=1S/C14H14BrN3O2S/c15-12-4-6-14(7-5-12)21(19,20)18(10-2-8-16)11-13-3-1-9-17-13/h1,3-7,9,17H,2,10-11H2. The van der Waals surface area contributed by atoms with Gasteiger partial charge in [0.1, 0.15) is 0 Å². The summed E-state index contributed by atoms with van der Waals surface area (Å²) in [6.45, 7) is 0.376. The molecule has 5 nitrogen and oxygen atoms in total. The fraction of sp³-hybridized carbons (Fsp3) is 0.214. The summed E-state index contributed by atoms with van der Waals surface area (Å²) in [6.07, 6.45) is 1.89. The minimum atomic E-state index is -3.62. The predicted molar refractivity (Wildman–Crippen MR) is 82.8 cm³/mol. The van der Waals surface area contributed by atoms with Crippen molar-refractivity contribution in [1.29, 1.82) is 5.26 Å². The lowest BCUT2D eigenvalue weighted by molar-refractivity contribution is 0.409. The molecule has 0 saturated carbocycles. The molecule has 0 unspecified atom stereocenters. The van der Waals surface area contributed by atoms with Crippen molar-refractivity contribution in [2.75, 3.05) is 6.54 Å². The van der Waals surface area contributed by atoms with Crippen LogP contribution in [0.4, 0.5) is 0 Å². The third-order valence-corrected chi connectivity index (χ3v) is 5.32. The highest BCUT2D eigenvalue weighted by Crippen LogP contribution is 2.20. The summed E-state index contributed by atoms with van der Waals surface area (Å²) in [5.41, 5.74) is 0.786. The van der Waals surface area contributed by atoms with Crippen molar-refractivity contribution in [3.05, 3.63) is 52.8 Å². The Hall–Kier alpha value is -1.62. The molecule has 110 valence electrons. The number of benzene rings is 1. The first-order valence-electron chi connectivity index (χ1n) is 6.29. The lowest BCUT2D eigenvalue weighted by Crippen LogP contribution is -2.31. The summed E-state index contributed by atoms with van der Waals surface area (Å²) >= 11 is 3.28. The average Bonchev–Trinajstić information content (AvgIpc) is 2.96.